The molecule has 1 aliphatic rings. The summed E-state index contributed by atoms with van der Waals surface area (Å²) in [6.07, 6.45) is 5.41. The van der Waals surface area contributed by atoms with Crippen molar-refractivity contribution in [1.82, 2.24) is 19.9 Å². The second kappa shape index (κ2) is 7.66. The number of nitrogens with zero attached hydrogens (tertiary/aromatic N) is 5. The summed E-state index contributed by atoms with van der Waals surface area (Å²) in [4.78, 5) is 18.1. The number of benzene rings is 1. The van der Waals surface area contributed by atoms with Gasteiger partial charge in [-0.1, -0.05) is 23.7 Å². The lowest BCUT2D eigenvalue weighted by molar-refractivity contribution is 0.198. The highest BCUT2D eigenvalue weighted by molar-refractivity contribution is 6.35. The van der Waals surface area contributed by atoms with Crippen LogP contribution in [0.25, 0.3) is 10.9 Å². The first-order valence-electron chi connectivity index (χ1n) is 9.18. The van der Waals surface area contributed by atoms with E-state index in [0.717, 1.165) is 53.7 Å². The fourth-order valence-electron chi connectivity index (χ4n) is 3.52. The molecule has 2 aromatic heterocycles. The molecule has 1 fully saturated rings. The van der Waals surface area contributed by atoms with E-state index in [-0.39, 0.29) is 0 Å². The highest BCUT2D eigenvalue weighted by Gasteiger charge is 2.23. The molecule has 0 saturated carbocycles. The van der Waals surface area contributed by atoms with E-state index < -0.39 is 0 Å². The predicted octanol–water partition coefficient (Wildman–Crippen LogP) is 3.60. The van der Waals surface area contributed by atoms with Crippen LogP contribution in [0.2, 0.25) is 5.02 Å². The molecule has 3 heterocycles. The van der Waals surface area contributed by atoms with E-state index in [4.69, 9.17) is 11.6 Å². The van der Waals surface area contributed by atoms with Crippen LogP contribution in [-0.4, -0.2) is 53.1 Å². The molecule has 140 valence electrons. The van der Waals surface area contributed by atoms with E-state index in [9.17, 15) is 0 Å². The minimum absolute atomic E-state index is 0.324. The molecule has 4 rings (SSSR count). The minimum atomic E-state index is 0.324. The van der Waals surface area contributed by atoms with Crippen molar-refractivity contribution in [3.8, 4) is 0 Å². The first-order valence-corrected chi connectivity index (χ1v) is 9.56. The maximum absolute atomic E-state index is 6.26. The van der Waals surface area contributed by atoms with E-state index in [2.05, 4.69) is 55.2 Å². The SMILES string of the molecule is CNc1cnc(N2CCN(C(C)c3ccc4c(Cl)ccnc4c3)CC2)nc1. The van der Waals surface area contributed by atoms with Crippen LogP contribution in [0.15, 0.2) is 42.9 Å². The number of pyridine rings is 1. The minimum Gasteiger partial charge on any atom is -0.386 e. The fraction of sp³-hybridized carbons (Fsp3) is 0.350. The van der Waals surface area contributed by atoms with Gasteiger partial charge in [0.1, 0.15) is 0 Å². The molecule has 1 aliphatic heterocycles. The van der Waals surface area contributed by atoms with Gasteiger partial charge in [0.15, 0.2) is 0 Å². The second-order valence-corrected chi connectivity index (χ2v) is 7.20. The molecular weight excluding hydrogens is 360 g/mol. The normalized spacial score (nSPS) is 16.5. The van der Waals surface area contributed by atoms with Crippen LogP contribution in [0.1, 0.15) is 18.5 Å². The largest absolute Gasteiger partial charge is 0.386 e. The fourth-order valence-corrected chi connectivity index (χ4v) is 3.74. The van der Waals surface area contributed by atoms with Crippen molar-refractivity contribution in [3.63, 3.8) is 0 Å². The van der Waals surface area contributed by atoms with Crippen molar-refractivity contribution >= 4 is 34.1 Å². The van der Waals surface area contributed by atoms with Crippen LogP contribution >= 0.6 is 11.6 Å². The summed E-state index contributed by atoms with van der Waals surface area (Å²) in [5, 5.41) is 4.80. The standard InChI is InChI=1S/C20H23ClN6/c1-14(15-3-4-17-18(21)5-6-23-19(17)11-15)26-7-9-27(10-8-26)20-24-12-16(22-2)13-25-20/h3-6,11-14,22H,7-10H2,1-2H3. The molecule has 3 aromatic rings. The number of nitrogens with one attached hydrogen (secondary N) is 1. The molecule has 1 N–H and O–H groups in total. The third kappa shape index (κ3) is 3.68. The van der Waals surface area contributed by atoms with Crippen molar-refractivity contribution in [2.24, 2.45) is 0 Å². The first kappa shape index (κ1) is 17.9. The van der Waals surface area contributed by atoms with Crippen molar-refractivity contribution in [3.05, 3.63) is 53.4 Å². The van der Waals surface area contributed by atoms with Gasteiger partial charge in [-0.15, -0.1) is 0 Å². The quantitative estimate of drug-likeness (QED) is 0.744. The average molecular weight is 383 g/mol. The zero-order valence-electron chi connectivity index (χ0n) is 15.6. The molecule has 6 nitrogen and oxygen atoms in total. The van der Waals surface area contributed by atoms with E-state index in [1.165, 1.54) is 5.56 Å². The van der Waals surface area contributed by atoms with Crippen LogP contribution in [0.5, 0.6) is 0 Å². The summed E-state index contributed by atoms with van der Waals surface area (Å²) < 4.78 is 0. The van der Waals surface area contributed by atoms with Crippen LogP contribution in [0, 0.1) is 0 Å². The van der Waals surface area contributed by atoms with E-state index in [1.807, 2.05) is 25.5 Å². The molecule has 1 aromatic carbocycles. The van der Waals surface area contributed by atoms with Gasteiger partial charge in [0, 0.05) is 50.9 Å². The highest BCUT2D eigenvalue weighted by atomic mass is 35.5. The van der Waals surface area contributed by atoms with E-state index in [1.54, 1.807) is 6.20 Å². The number of hydrogen-bond acceptors (Lipinski definition) is 6. The van der Waals surface area contributed by atoms with Crippen molar-refractivity contribution < 1.29 is 0 Å². The maximum Gasteiger partial charge on any atom is 0.225 e. The van der Waals surface area contributed by atoms with Crippen LogP contribution < -0.4 is 10.2 Å². The monoisotopic (exact) mass is 382 g/mol. The van der Waals surface area contributed by atoms with Gasteiger partial charge in [-0.25, -0.2) is 9.97 Å². The zero-order chi connectivity index (χ0) is 18.8. The molecule has 0 aliphatic carbocycles. The topological polar surface area (TPSA) is 57.2 Å². The predicted molar refractivity (Wildman–Crippen MR) is 111 cm³/mol. The summed E-state index contributed by atoms with van der Waals surface area (Å²) in [5.41, 5.74) is 3.14. The van der Waals surface area contributed by atoms with E-state index in [0.29, 0.717) is 6.04 Å². The molecule has 7 heteroatoms. The Hall–Kier alpha value is -2.44. The molecule has 1 unspecified atom stereocenters. The van der Waals surface area contributed by atoms with Gasteiger partial charge in [-0.05, 0) is 24.6 Å². The summed E-state index contributed by atoms with van der Waals surface area (Å²) in [5.74, 6) is 0.797. The Morgan fingerprint density at radius 1 is 1.04 bits per heavy atom. The third-order valence-corrected chi connectivity index (χ3v) is 5.60. The lowest BCUT2D eigenvalue weighted by atomic mass is 10.0. The Kier molecular flexibility index (Phi) is 5.09. The van der Waals surface area contributed by atoms with Crippen molar-refractivity contribution in [2.45, 2.75) is 13.0 Å². The number of halogens is 1. The van der Waals surface area contributed by atoms with Gasteiger partial charge >= 0.3 is 0 Å². The second-order valence-electron chi connectivity index (χ2n) is 6.79. The highest BCUT2D eigenvalue weighted by Crippen LogP contribution is 2.28. The Morgan fingerprint density at radius 2 is 1.78 bits per heavy atom. The lowest BCUT2D eigenvalue weighted by Crippen LogP contribution is -2.47. The smallest absolute Gasteiger partial charge is 0.225 e. The molecular formula is C20H23ClN6. The molecule has 1 saturated heterocycles. The number of fused-ring (bicyclic) bond motifs is 1. The molecule has 0 amide bonds. The molecule has 0 spiro atoms. The van der Waals surface area contributed by atoms with Crippen molar-refractivity contribution in [1.29, 1.82) is 0 Å². The number of aromatic nitrogens is 3. The van der Waals surface area contributed by atoms with Gasteiger partial charge in [-0.3, -0.25) is 9.88 Å². The molecule has 1 atom stereocenters. The molecule has 0 bridgehead atoms. The number of rotatable bonds is 4. The number of piperazine rings is 1. The Labute approximate surface area is 164 Å². The first-order chi connectivity index (χ1) is 13.2. The van der Waals surface area contributed by atoms with Gasteiger partial charge in [0.05, 0.1) is 28.6 Å². The van der Waals surface area contributed by atoms with Crippen molar-refractivity contribution in [2.75, 3.05) is 43.4 Å². The Morgan fingerprint density at radius 3 is 2.48 bits per heavy atom. The van der Waals surface area contributed by atoms with Gasteiger partial charge in [-0.2, -0.15) is 0 Å². The average Bonchev–Trinajstić information content (AvgIpc) is 2.73. The summed E-state index contributed by atoms with van der Waals surface area (Å²) in [6.45, 7) is 6.03. The zero-order valence-corrected chi connectivity index (χ0v) is 16.3. The van der Waals surface area contributed by atoms with Crippen LogP contribution in [0.3, 0.4) is 0 Å². The van der Waals surface area contributed by atoms with E-state index >= 15 is 0 Å². The van der Waals surface area contributed by atoms with Gasteiger partial charge < -0.3 is 10.2 Å². The van der Waals surface area contributed by atoms with Crippen LogP contribution in [-0.2, 0) is 0 Å². The Bertz CT molecular complexity index is 921. The Balaban J connectivity index is 1.44. The third-order valence-electron chi connectivity index (χ3n) is 5.27. The number of anilines is 2. The lowest BCUT2D eigenvalue weighted by Gasteiger charge is -2.38. The number of hydrogen-bond donors (Lipinski definition) is 1. The summed E-state index contributed by atoms with van der Waals surface area (Å²) in [7, 11) is 1.87. The van der Waals surface area contributed by atoms with Gasteiger partial charge in [0.2, 0.25) is 5.95 Å². The maximum atomic E-state index is 6.26. The molecule has 27 heavy (non-hydrogen) atoms. The van der Waals surface area contributed by atoms with Gasteiger partial charge in [0.25, 0.3) is 0 Å². The molecule has 0 radical (unpaired) electrons. The summed E-state index contributed by atoms with van der Waals surface area (Å²) in [6, 6.07) is 8.54. The summed E-state index contributed by atoms with van der Waals surface area (Å²) >= 11 is 6.26. The van der Waals surface area contributed by atoms with Crippen LogP contribution in [0.4, 0.5) is 11.6 Å².